The van der Waals surface area contributed by atoms with Crippen LogP contribution in [0.15, 0.2) is 13.6 Å². The van der Waals surface area contributed by atoms with Crippen molar-refractivity contribution < 1.29 is 9.53 Å². The quantitative estimate of drug-likeness (QED) is 0.600. The fraction of sp³-hybridized carbons (Fsp3) is 0.444. The Morgan fingerprint density at radius 3 is 2.79 bits per heavy atom. The highest BCUT2D eigenvalue weighted by molar-refractivity contribution is 9.12. The molecule has 0 aliphatic rings. The summed E-state index contributed by atoms with van der Waals surface area (Å²) in [7, 11) is 1.64. The lowest BCUT2D eigenvalue weighted by Gasteiger charge is -1.98. The van der Waals surface area contributed by atoms with E-state index in [0.29, 0.717) is 13.0 Å². The molecule has 0 unspecified atom stereocenters. The van der Waals surface area contributed by atoms with Gasteiger partial charge in [0, 0.05) is 25.7 Å². The van der Waals surface area contributed by atoms with E-state index in [9.17, 15) is 4.79 Å². The lowest BCUT2D eigenvalue weighted by atomic mass is 10.1. The maximum Gasteiger partial charge on any atom is 0.164 e. The second-order valence-corrected chi connectivity index (χ2v) is 6.51. The molecule has 78 valence electrons. The normalized spacial score (nSPS) is 10.5. The summed E-state index contributed by atoms with van der Waals surface area (Å²) in [6, 6.07) is 1.85. The first-order valence-corrected chi connectivity index (χ1v) is 6.52. The van der Waals surface area contributed by atoms with Crippen LogP contribution in [0.3, 0.4) is 0 Å². The van der Waals surface area contributed by atoms with Crippen molar-refractivity contribution in [3.8, 4) is 0 Å². The van der Waals surface area contributed by atoms with Crippen molar-refractivity contribution in [1.29, 1.82) is 0 Å². The Morgan fingerprint density at radius 1 is 1.57 bits per heavy atom. The van der Waals surface area contributed by atoms with Crippen molar-refractivity contribution in [3.05, 3.63) is 19.2 Å². The van der Waals surface area contributed by atoms with E-state index in [0.717, 1.165) is 19.6 Å². The lowest BCUT2D eigenvalue weighted by molar-refractivity contribution is 0.0963. The van der Waals surface area contributed by atoms with Crippen molar-refractivity contribution >= 4 is 49.0 Å². The van der Waals surface area contributed by atoms with Crippen LogP contribution in [0.1, 0.15) is 23.2 Å². The maximum absolute atomic E-state index is 11.7. The molecular formula is C9H10Br2O2S. The molecule has 0 saturated carbocycles. The molecule has 0 bridgehead atoms. The van der Waals surface area contributed by atoms with Crippen molar-refractivity contribution in [2.75, 3.05) is 13.7 Å². The van der Waals surface area contributed by atoms with E-state index in [2.05, 4.69) is 31.9 Å². The molecule has 0 N–H and O–H groups in total. The predicted molar refractivity (Wildman–Crippen MR) is 65.2 cm³/mol. The molecule has 0 aliphatic carbocycles. The van der Waals surface area contributed by atoms with Gasteiger partial charge in [0.05, 0.1) is 7.57 Å². The van der Waals surface area contributed by atoms with Crippen LogP contribution in [0.2, 0.25) is 0 Å². The Bertz CT molecular complexity index is 323. The van der Waals surface area contributed by atoms with Crippen LogP contribution in [0, 0.1) is 0 Å². The SMILES string of the molecule is COCCCC(=O)c1cc(Br)sc1Br. The van der Waals surface area contributed by atoms with Gasteiger partial charge < -0.3 is 4.74 Å². The predicted octanol–water partition coefficient (Wildman–Crippen LogP) is 3.88. The zero-order chi connectivity index (χ0) is 10.6. The Kier molecular flexibility index (Phi) is 5.30. The third kappa shape index (κ3) is 3.46. The van der Waals surface area contributed by atoms with Crippen LogP contribution in [-0.4, -0.2) is 19.5 Å². The van der Waals surface area contributed by atoms with Crippen molar-refractivity contribution in [2.24, 2.45) is 0 Å². The number of thiophene rings is 1. The molecule has 0 radical (unpaired) electrons. The van der Waals surface area contributed by atoms with E-state index < -0.39 is 0 Å². The molecule has 2 nitrogen and oxygen atoms in total. The number of Topliss-reactive ketones (excluding diaryl/α,β-unsaturated/α-hetero) is 1. The van der Waals surface area contributed by atoms with Crippen LogP contribution < -0.4 is 0 Å². The van der Waals surface area contributed by atoms with Gasteiger partial charge in [-0.2, -0.15) is 0 Å². The molecule has 1 heterocycles. The molecule has 0 atom stereocenters. The molecule has 1 aromatic heterocycles. The Morgan fingerprint density at radius 2 is 2.29 bits per heavy atom. The molecule has 0 aliphatic heterocycles. The average Bonchev–Trinajstić information content (AvgIpc) is 2.45. The fourth-order valence-corrected chi connectivity index (χ4v) is 3.90. The summed E-state index contributed by atoms with van der Waals surface area (Å²) < 4.78 is 6.76. The lowest BCUT2D eigenvalue weighted by Crippen LogP contribution is -2.00. The fourth-order valence-electron chi connectivity index (χ4n) is 1.04. The van der Waals surface area contributed by atoms with Gasteiger partial charge in [-0.3, -0.25) is 4.79 Å². The van der Waals surface area contributed by atoms with Gasteiger partial charge in [0.2, 0.25) is 0 Å². The second kappa shape index (κ2) is 6.00. The van der Waals surface area contributed by atoms with Gasteiger partial charge in [0.15, 0.2) is 5.78 Å². The largest absolute Gasteiger partial charge is 0.385 e. The van der Waals surface area contributed by atoms with E-state index in [1.807, 2.05) is 6.07 Å². The monoisotopic (exact) mass is 340 g/mol. The summed E-state index contributed by atoms with van der Waals surface area (Å²) in [5.41, 5.74) is 0.762. The average molecular weight is 342 g/mol. The summed E-state index contributed by atoms with van der Waals surface area (Å²) in [5.74, 6) is 0.163. The third-order valence-electron chi connectivity index (χ3n) is 1.71. The van der Waals surface area contributed by atoms with Crippen LogP contribution >= 0.6 is 43.2 Å². The Hall–Kier alpha value is 0.290. The van der Waals surface area contributed by atoms with Gasteiger partial charge >= 0.3 is 0 Å². The minimum atomic E-state index is 0.163. The van der Waals surface area contributed by atoms with Crippen LogP contribution in [0.4, 0.5) is 0 Å². The number of rotatable bonds is 5. The van der Waals surface area contributed by atoms with Crippen LogP contribution in [-0.2, 0) is 4.74 Å². The van der Waals surface area contributed by atoms with Crippen LogP contribution in [0.25, 0.3) is 0 Å². The number of carbonyl (C=O) groups excluding carboxylic acids is 1. The van der Waals surface area contributed by atoms with Gasteiger partial charge in [0.1, 0.15) is 0 Å². The number of methoxy groups -OCH3 is 1. The molecule has 0 saturated heterocycles. The number of carbonyl (C=O) groups is 1. The molecule has 5 heteroatoms. The molecule has 0 fully saturated rings. The first-order valence-electron chi connectivity index (χ1n) is 4.12. The minimum absolute atomic E-state index is 0.163. The number of hydrogen-bond donors (Lipinski definition) is 0. The molecule has 0 aromatic carbocycles. The molecule has 1 rings (SSSR count). The van der Waals surface area contributed by atoms with Gasteiger partial charge in [-0.1, -0.05) is 0 Å². The molecule has 0 amide bonds. The van der Waals surface area contributed by atoms with Gasteiger partial charge in [-0.05, 0) is 44.3 Å². The third-order valence-corrected chi connectivity index (χ3v) is 4.05. The second-order valence-electron chi connectivity index (χ2n) is 2.76. The van der Waals surface area contributed by atoms with E-state index in [4.69, 9.17) is 4.74 Å². The standard InChI is InChI=1S/C9H10Br2O2S/c1-13-4-2-3-7(12)6-5-8(10)14-9(6)11/h5H,2-4H2,1H3. The number of ketones is 1. The van der Waals surface area contributed by atoms with Gasteiger partial charge in [-0.25, -0.2) is 0 Å². The number of ether oxygens (including phenoxy) is 1. The van der Waals surface area contributed by atoms with Crippen molar-refractivity contribution in [1.82, 2.24) is 0 Å². The van der Waals surface area contributed by atoms with Gasteiger partial charge in [0.25, 0.3) is 0 Å². The summed E-state index contributed by atoms with van der Waals surface area (Å²) in [5, 5.41) is 0. The minimum Gasteiger partial charge on any atom is -0.385 e. The van der Waals surface area contributed by atoms with E-state index in [1.165, 1.54) is 11.3 Å². The number of hydrogen-bond acceptors (Lipinski definition) is 3. The summed E-state index contributed by atoms with van der Waals surface area (Å²) in [6.07, 6.45) is 1.31. The molecule has 14 heavy (non-hydrogen) atoms. The maximum atomic E-state index is 11.7. The van der Waals surface area contributed by atoms with Gasteiger partial charge in [-0.15, -0.1) is 11.3 Å². The van der Waals surface area contributed by atoms with E-state index in [-0.39, 0.29) is 5.78 Å². The zero-order valence-electron chi connectivity index (χ0n) is 7.68. The summed E-state index contributed by atoms with van der Waals surface area (Å²) >= 11 is 8.23. The van der Waals surface area contributed by atoms with Crippen LogP contribution in [0.5, 0.6) is 0 Å². The first-order chi connectivity index (χ1) is 6.65. The topological polar surface area (TPSA) is 26.3 Å². The molecule has 0 spiro atoms. The number of halogens is 2. The summed E-state index contributed by atoms with van der Waals surface area (Å²) in [4.78, 5) is 11.7. The first kappa shape index (κ1) is 12.4. The van der Waals surface area contributed by atoms with E-state index >= 15 is 0 Å². The highest BCUT2D eigenvalue weighted by Gasteiger charge is 2.12. The Labute approximate surface area is 104 Å². The smallest absolute Gasteiger partial charge is 0.164 e. The van der Waals surface area contributed by atoms with E-state index in [1.54, 1.807) is 7.11 Å². The van der Waals surface area contributed by atoms with Crippen molar-refractivity contribution in [2.45, 2.75) is 12.8 Å². The molecular weight excluding hydrogens is 332 g/mol. The Balaban J connectivity index is 2.56. The summed E-state index contributed by atoms with van der Waals surface area (Å²) in [6.45, 7) is 0.634. The van der Waals surface area contributed by atoms with Crippen molar-refractivity contribution in [3.63, 3.8) is 0 Å². The highest BCUT2D eigenvalue weighted by atomic mass is 79.9. The molecule has 1 aromatic rings. The highest BCUT2D eigenvalue weighted by Crippen LogP contribution is 2.32. The zero-order valence-corrected chi connectivity index (χ0v) is 11.7.